The fourth-order valence-electron chi connectivity index (χ4n) is 4.16. The number of ether oxygens (including phenoxy) is 1. The van der Waals surface area contributed by atoms with Gasteiger partial charge in [0.05, 0.1) is 6.61 Å². The van der Waals surface area contributed by atoms with Crippen LogP contribution in [0, 0.1) is 0 Å². The van der Waals surface area contributed by atoms with E-state index in [0.717, 1.165) is 38.9 Å². The lowest BCUT2D eigenvalue weighted by Crippen LogP contribution is -2.48. The molecule has 0 spiro atoms. The standard InChI is InChI=1S/C23H29N3O2/c1-25(23(27)22-17-24-13-16-28-22)14-6-15-26-20-9-4-2-7-18(20)11-12-19-8-3-5-10-21(19)26/h2-5,7-10,22,24H,6,11-17H2,1H3. The van der Waals surface area contributed by atoms with Gasteiger partial charge in [-0.15, -0.1) is 0 Å². The summed E-state index contributed by atoms with van der Waals surface area (Å²) in [6.07, 6.45) is 2.69. The molecule has 1 amide bonds. The van der Waals surface area contributed by atoms with Crippen molar-refractivity contribution in [1.82, 2.24) is 10.2 Å². The summed E-state index contributed by atoms with van der Waals surface area (Å²) in [5.74, 6) is 0.0730. The Morgan fingerprint density at radius 2 is 1.75 bits per heavy atom. The van der Waals surface area contributed by atoms with Crippen LogP contribution in [0.3, 0.4) is 0 Å². The first-order valence-electron chi connectivity index (χ1n) is 10.2. The highest BCUT2D eigenvalue weighted by Gasteiger charge is 2.25. The normalized spacial score (nSPS) is 18.8. The number of hydrogen-bond acceptors (Lipinski definition) is 4. The Hall–Kier alpha value is -2.37. The van der Waals surface area contributed by atoms with Gasteiger partial charge in [-0.2, -0.15) is 0 Å². The first kappa shape index (κ1) is 19.0. The highest BCUT2D eigenvalue weighted by atomic mass is 16.5. The van der Waals surface area contributed by atoms with Gasteiger partial charge >= 0.3 is 0 Å². The van der Waals surface area contributed by atoms with Crippen molar-refractivity contribution in [1.29, 1.82) is 0 Å². The third-order valence-electron chi connectivity index (χ3n) is 5.68. The summed E-state index contributed by atoms with van der Waals surface area (Å²) in [4.78, 5) is 16.8. The molecule has 1 N–H and O–H groups in total. The number of benzene rings is 2. The van der Waals surface area contributed by atoms with Gasteiger partial charge in [-0.1, -0.05) is 36.4 Å². The number of rotatable bonds is 5. The number of aryl methyl sites for hydroxylation is 2. The molecule has 2 heterocycles. The number of carbonyl (C=O) groups excluding carboxylic acids is 1. The average Bonchev–Trinajstić information content (AvgIpc) is 2.91. The van der Waals surface area contributed by atoms with E-state index < -0.39 is 0 Å². The number of carbonyl (C=O) groups is 1. The molecule has 5 heteroatoms. The van der Waals surface area contributed by atoms with E-state index in [-0.39, 0.29) is 12.0 Å². The lowest BCUT2D eigenvalue weighted by molar-refractivity contribution is -0.143. The Labute approximate surface area is 167 Å². The number of nitrogens with zero attached hydrogens (tertiary/aromatic N) is 2. The summed E-state index contributed by atoms with van der Waals surface area (Å²) in [6.45, 7) is 3.64. The largest absolute Gasteiger partial charge is 0.366 e. The number of amides is 1. The molecule has 4 rings (SSSR count). The zero-order valence-corrected chi connectivity index (χ0v) is 16.6. The number of nitrogens with one attached hydrogen (secondary N) is 1. The Morgan fingerprint density at radius 1 is 1.11 bits per heavy atom. The van der Waals surface area contributed by atoms with E-state index in [2.05, 4.69) is 58.7 Å². The van der Waals surface area contributed by atoms with Crippen LogP contribution < -0.4 is 10.2 Å². The number of fused-ring (bicyclic) bond motifs is 2. The van der Waals surface area contributed by atoms with Gasteiger partial charge in [-0.05, 0) is 42.5 Å². The monoisotopic (exact) mass is 379 g/mol. The van der Waals surface area contributed by atoms with Crippen molar-refractivity contribution in [2.45, 2.75) is 25.4 Å². The van der Waals surface area contributed by atoms with Crippen molar-refractivity contribution in [2.24, 2.45) is 0 Å². The SMILES string of the molecule is CN(CCCN1c2ccccc2CCc2ccccc21)C(=O)C1CNCCO1. The third kappa shape index (κ3) is 4.05. The smallest absolute Gasteiger partial charge is 0.252 e. The van der Waals surface area contributed by atoms with Gasteiger partial charge in [0.1, 0.15) is 6.10 Å². The van der Waals surface area contributed by atoms with E-state index in [9.17, 15) is 4.79 Å². The second-order valence-electron chi connectivity index (χ2n) is 7.59. The highest BCUT2D eigenvalue weighted by molar-refractivity contribution is 5.81. The molecule has 0 bridgehead atoms. The van der Waals surface area contributed by atoms with Gasteiger partial charge in [-0.25, -0.2) is 0 Å². The van der Waals surface area contributed by atoms with E-state index in [1.165, 1.54) is 22.5 Å². The molecule has 2 aliphatic heterocycles. The average molecular weight is 380 g/mol. The van der Waals surface area contributed by atoms with E-state index in [1.54, 1.807) is 0 Å². The molecule has 5 nitrogen and oxygen atoms in total. The molecule has 2 aromatic carbocycles. The van der Waals surface area contributed by atoms with Gasteiger partial charge in [0.25, 0.3) is 5.91 Å². The van der Waals surface area contributed by atoms with Crippen LogP contribution in [-0.4, -0.2) is 56.7 Å². The number of anilines is 2. The zero-order chi connectivity index (χ0) is 19.3. The third-order valence-corrected chi connectivity index (χ3v) is 5.68. The van der Waals surface area contributed by atoms with Gasteiger partial charge in [0.2, 0.25) is 0 Å². The van der Waals surface area contributed by atoms with Crippen molar-refractivity contribution in [2.75, 3.05) is 44.7 Å². The predicted octanol–water partition coefficient (Wildman–Crippen LogP) is 2.76. The van der Waals surface area contributed by atoms with Crippen LogP contribution in [0.4, 0.5) is 11.4 Å². The van der Waals surface area contributed by atoms with Crippen molar-refractivity contribution >= 4 is 17.3 Å². The van der Waals surface area contributed by atoms with Crippen LogP contribution in [0.2, 0.25) is 0 Å². The van der Waals surface area contributed by atoms with Crippen molar-refractivity contribution < 1.29 is 9.53 Å². The van der Waals surface area contributed by atoms with Crippen molar-refractivity contribution in [3.8, 4) is 0 Å². The van der Waals surface area contributed by atoms with Gasteiger partial charge in [-0.3, -0.25) is 4.79 Å². The summed E-state index contributed by atoms with van der Waals surface area (Å²) < 4.78 is 5.60. The molecule has 28 heavy (non-hydrogen) atoms. The van der Waals surface area contributed by atoms with Crippen LogP contribution in [0.5, 0.6) is 0 Å². The molecule has 1 saturated heterocycles. The molecule has 2 aliphatic rings. The highest BCUT2D eigenvalue weighted by Crippen LogP contribution is 2.35. The maximum Gasteiger partial charge on any atom is 0.252 e. The van der Waals surface area contributed by atoms with E-state index in [4.69, 9.17) is 4.74 Å². The quantitative estimate of drug-likeness (QED) is 0.868. The fraction of sp³-hybridized carbons (Fsp3) is 0.435. The lowest BCUT2D eigenvalue weighted by atomic mass is 10.0. The Kier molecular flexibility index (Phi) is 5.93. The number of para-hydroxylation sites is 2. The Balaban J connectivity index is 1.45. The predicted molar refractivity (Wildman–Crippen MR) is 112 cm³/mol. The summed E-state index contributed by atoms with van der Waals surface area (Å²) in [5, 5.41) is 3.23. The zero-order valence-electron chi connectivity index (χ0n) is 16.6. The van der Waals surface area contributed by atoms with Crippen LogP contribution in [-0.2, 0) is 22.4 Å². The molecule has 1 atom stereocenters. The minimum Gasteiger partial charge on any atom is -0.366 e. The van der Waals surface area contributed by atoms with Crippen LogP contribution in [0.15, 0.2) is 48.5 Å². The topological polar surface area (TPSA) is 44.8 Å². The van der Waals surface area contributed by atoms with Gasteiger partial charge in [0.15, 0.2) is 0 Å². The number of hydrogen-bond donors (Lipinski definition) is 1. The molecule has 1 fully saturated rings. The first-order valence-corrected chi connectivity index (χ1v) is 10.2. The molecular formula is C23H29N3O2. The Morgan fingerprint density at radius 3 is 2.36 bits per heavy atom. The van der Waals surface area contributed by atoms with Gasteiger partial charge < -0.3 is 19.9 Å². The van der Waals surface area contributed by atoms with Gasteiger partial charge in [0, 0.05) is 44.6 Å². The maximum atomic E-state index is 12.6. The molecule has 0 aliphatic carbocycles. The summed E-state index contributed by atoms with van der Waals surface area (Å²) in [7, 11) is 1.88. The van der Waals surface area contributed by atoms with Crippen LogP contribution >= 0.6 is 0 Å². The van der Waals surface area contributed by atoms with Crippen LogP contribution in [0.25, 0.3) is 0 Å². The number of morpholine rings is 1. The van der Waals surface area contributed by atoms with Crippen LogP contribution in [0.1, 0.15) is 17.5 Å². The number of likely N-dealkylation sites (N-methyl/N-ethyl adjacent to an activating group) is 1. The molecule has 0 radical (unpaired) electrons. The second kappa shape index (κ2) is 8.76. The van der Waals surface area contributed by atoms with E-state index in [0.29, 0.717) is 13.2 Å². The second-order valence-corrected chi connectivity index (χ2v) is 7.59. The molecule has 1 unspecified atom stereocenters. The summed E-state index contributed by atoms with van der Waals surface area (Å²) >= 11 is 0. The molecule has 0 saturated carbocycles. The maximum absolute atomic E-state index is 12.6. The molecule has 2 aromatic rings. The Bertz CT molecular complexity index is 769. The summed E-state index contributed by atoms with van der Waals surface area (Å²) in [6, 6.07) is 17.4. The molecular weight excluding hydrogens is 350 g/mol. The minimum absolute atomic E-state index is 0.0730. The first-order chi connectivity index (χ1) is 13.7. The molecule has 0 aromatic heterocycles. The lowest BCUT2D eigenvalue weighted by Gasteiger charge is -2.30. The molecule has 148 valence electrons. The van der Waals surface area contributed by atoms with E-state index in [1.807, 2.05) is 11.9 Å². The van der Waals surface area contributed by atoms with Crippen molar-refractivity contribution in [3.63, 3.8) is 0 Å². The van der Waals surface area contributed by atoms with E-state index >= 15 is 0 Å². The fourth-order valence-corrected chi connectivity index (χ4v) is 4.16. The van der Waals surface area contributed by atoms with Crippen molar-refractivity contribution in [3.05, 3.63) is 59.7 Å². The summed E-state index contributed by atoms with van der Waals surface area (Å²) in [5.41, 5.74) is 5.37. The minimum atomic E-state index is -0.349.